The number of amides is 1. The van der Waals surface area contributed by atoms with E-state index < -0.39 is 0 Å². The van der Waals surface area contributed by atoms with Crippen molar-refractivity contribution in [3.63, 3.8) is 0 Å². The maximum absolute atomic E-state index is 12.9. The van der Waals surface area contributed by atoms with E-state index >= 15 is 0 Å². The Hall–Kier alpha value is -1.88. The van der Waals surface area contributed by atoms with Crippen molar-refractivity contribution in [2.24, 2.45) is 0 Å². The highest BCUT2D eigenvalue weighted by molar-refractivity contribution is 5.82. The quantitative estimate of drug-likeness (QED) is 0.914. The van der Waals surface area contributed by atoms with E-state index in [2.05, 4.69) is 47.0 Å². The number of carbonyl (C=O) groups is 1. The molecule has 25 heavy (non-hydrogen) atoms. The van der Waals surface area contributed by atoms with E-state index in [1.807, 2.05) is 0 Å². The lowest BCUT2D eigenvalue weighted by atomic mass is 9.94. The molecule has 0 saturated carbocycles. The first-order chi connectivity index (χ1) is 12.1. The normalized spacial score (nSPS) is 23.3. The summed E-state index contributed by atoms with van der Waals surface area (Å²) >= 11 is 0. The number of hydrogen-bond acceptors (Lipinski definition) is 3. The van der Waals surface area contributed by atoms with Crippen LogP contribution in [0.5, 0.6) is 0 Å². The van der Waals surface area contributed by atoms with E-state index in [1.54, 1.807) is 0 Å². The summed E-state index contributed by atoms with van der Waals surface area (Å²) < 4.78 is 0. The molecule has 0 spiro atoms. The molecular formula is C20H28N4O. The Bertz CT molecular complexity index is 760. The van der Waals surface area contributed by atoms with Gasteiger partial charge in [-0.3, -0.25) is 9.69 Å². The number of nitrogens with one attached hydrogen (secondary N) is 1. The van der Waals surface area contributed by atoms with E-state index in [0.717, 1.165) is 55.8 Å². The average molecular weight is 340 g/mol. The number of H-pyrrole nitrogens is 1. The lowest BCUT2D eigenvalue weighted by Gasteiger charge is -2.38. The summed E-state index contributed by atoms with van der Waals surface area (Å²) in [6.07, 6.45) is 5.41. The van der Waals surface area contributed by atoms with Gasteiger partial charge in [-0.25, -0.2) is 4.98 Å². The van der Waals surface area contributed by atoms with E-state index in [-0.39, 0.29) is 6.04 Å². The lowest BCUT2D eigenvalue weighted by Crippen LogP contribution is -2.51. The molecule has 2 aliphatic heterocycles. The molecule has 0 radical (unpaired) electrons. The van der Waals surface area contributed by atoms with Gasteiger partial charge in [0.15, 0.2) is 0 Å². The summed E-state index contributed by atoms with van der Waals surface area (Å²) in [6, 6.07) is 6.37. The number of piperidine rings is 2. The lowest BCUT2D eigenvalue weighted by molar-refractivity contribution is -0.138. The Balaban J connectivity index is 1.42. The predicted octanol–water partition coefficient (Wildman–Crippen LogP) is 3.06. The number of likely N-dealkylation sites (tertiary alicyclic amines) is 2. The second-order valence-electron chi connectivity index (χ2n) is 7.68. The van der Waals surface area contributed by atoms with Crippen molar-refractivity contribution in [2.75, 3.05) is 26.7 Å². The Kier molecular flexibility index (Phi) is 4.50. The first-order valence-electron chi connectivity index (χ1n) is 9.58. The van der Waals surface area contributed by atoms with Crippen LogP contribution in [0.25, 0.3) is 11.0 Å². The molecule has 0 aliphatic carbocycles. The van der Waals surface area contributed by atoms with Gasteiger partial charge in [0.2, 0.25) is 5.91 Å². The molecule has 1 atom stereocenters. The van der Waals surface area contributed by atoms with Crippen molar-refractivity contribution in [3.8, 4) is 0 Å². The number of fused-ring (bicyclic) bond motifs is 1. The summed E-state index contributed by atoms with van der Waals surface area (Å²) in [5.74, 6) is 1.85. The molecule has 3 heterocycles. The molecule has 2 saturated heterocycles. The molecule has 0 bridgehead atoms. The fourth-order valence-corrected chi connectivity index (χ4v) is 4.36. The molecule has 2 aromatic rings. The fraction of sp³-hybridized carbons (Fsp3) is 0.600. The van der Waals surface area contributed by atoms with Gasteiger partial charge in [-0.05, 0) is 57.8 Å². The molecule has 1 aromatic heterocycles. The number of likely N-dealkylation sites (N-methyl/N-ethyl adjacent to an activating group) is 1. The average Bonchev–Trinajstić information content (AvgIpc) is 3.07. The number of benzene rings is 1. The van der Waals surface area contributed by atoms with Crippen LogP contribution in [0, 0.1) is 6.92 Å². The van der Waals surface area contributed by atoms with Crippen LogP contribution in [0.4, 0.5) is 0 Å². The Morgan fingerprint density at radius 3 is 2.68 bits per heavy atom. The summed E-state index contributed by atoms with van der Waals surface area (Å²) in [5, 5.41) is 0. The third-order valence-corrected chi connectivity index (χ3v) is 5.98. The number of imidazole rings is 1. The zero-order valence-electron chi connectivity index (χ0n) is 15.3. The molecule has 0 unspecified atom stereocenters. The van der Waals surface area contributed by atoms with Crippen LogP contribution in [0.2, 0.25) is 0 Å². The van der Waals surface area contributed by atoms with Crippen LogP contribution < -0.4 is 0 Å². The second-order valence-corrected chi connectivity index (χ2v) is 7.68. The SMILES string of the molecule is Cc1cccc2[nH]c(C3CCN(C(=O)[C@H]4CCCCN4C)CC3)nc12. The minimum Gasteiger partial charge on any atom is -0.342 e. The van der Waals surface area contributed by atoms with Gasteiger partial charge in [0.1, 0.15) is 5.82 Å². The first kappa shape index (κ1) is 16.6. The highest BCUT2D eigenvalue weighted by Gasteiger charge is 2.32. The van der Waals surface area contributed by atoms with Gasteiger partial charge in [0.05, 0.1) is 17.1 Å². The van der Waals surface area contributed by atoms with Crippen molar-refractivity contribution < 1.29 is 4.79 Å². The van der Waals surface area contributed by atoms with Crippen LogP contribution in [0.3, 0.4) is 0 Å². The minimum atomic E-state index is 0.0964. The topological polar surface area (TPSA) is 52.2 Å². The van der Waals surface area contributed by atoms with Crippen LogP contribution in [-0.4, -0.2) is 58.4 Å². The van der Waals surface area contributed by atoms with Crippen LogP contribution in [0.1, 0.15) is 49.4 Å². The number of hydrogen-bond donors (Lipinski definition) is 1. The zero-order valence-corrected chi connectivity index (χ0v) is 15.3. The van der Waals surface area contributed by atoms with Crippen LogP contribution in [0.15, 0.2) is 18.2 Å². The van der Waals surface area contributed by atoms with Crippen LogP contribution >= 0.6 is 0 Å². The van der Waals surface area contributed by atoms with Gasteiger partial charge in [0, 0.05) is 19.0 Å². The molecule has 1 aromatic carbocycles. The summed E-state index contributed by atoms with van der Waals surface area (Å²) in [4.78, 5) is 25.5. The molecule has 2 aliphatic rings. The molecular weight excluding hydrogens is 312 g/mol. The van der Waals surface area contributed by atoms with E-state index in [0.29, 0.717) is 11.8 Å². The highest BCUT2D eigenvalue weighted by Crippen LogP contribution is 2.29. The molecule has 5 nitrogen and oxygen atoms in total. The summed E-state index contributed by atoms with van der Waals surface area (Å²) in [5.41, 5.74) is 3.42. The summed E-state index contributed by atoms with van der Waals surface area (Å²) in [7, 11) is 2.09. The Morgan fingerprint density at radius 1 is 1.16 bits per heavy atom. The molecule has 134 valence electrons. The highest BCUT2D eigenvalue weighted by atomic mass is 16.2. The standard InChI is InChI=1S/C20H28N4O/c1-14-6-5-7-16-18(14)22-19(21-16)15-9-12-24(13-10-15)20(25)17-8-3-4-11-23(17)2/h5-7,15,17H,3-4,8-13H2,1-2H3,(H,21,22)/t17-/m1/s1. The fourth-order valence-electron chi connectivity index (χ4n) is 4.36. The van der Waals surface area contributed by atoms with Gasteiger partial charge in [-0.2, -0.15) is 0 Å². The maximum atomic E-state index is 12.9. The van der Waals surface area contributed by atoms with Gasteiger partial charge in [-0.15, -0.1) is 0 Å². The second kappa shape index (κ2) is 6.79. The largest absolute Gasteiger partial charge is 0.342 e. The number of rotatable bonds is 2. The van der Waals surface area contributed by atoms with E-state index in [1.165, 1.54) is 18.4 Å². The van der Waals surface area contributed by atoms with Crippen molar-refractivity contribution in [2.45, 2.75) is 51.0 Å². The smallest absolute Gasteiger partial charge is 0.239 e. The number of aromatic amines is 1. The minimum absolute atomic E-state index is 0.0964. The van der Waals surface area contributed by atoms with Crippen molar-refractivity contribution in [3.05, 3.63) is 29.6 Å². The Morgan fingerprint density at radius 2 is 1.96 bits per heavy atom. The molecule has 4 rings (SSSR count). The van der Waals surface area contributed by atoms with Gasteiger partial charge in [-0.1, -0.05) is 18.6 Å². The third kappa shape index (κ3) is 3.17. The van der Waals surface area contributed by atoms with Crippen LogP contribution in [-0.2, 0) is 4.79 Å². The number of aryl methyl sites for hydroxylation is 1. The van der Waals surface area contributed by atoms with Crippen molar-refractivity contribution in [1.29, 1.82) is 0 Å². The zero-order chi connectivity index (χ0) is 17.4. The number of nitrogens with zero attached hydrogens (tertiary/aromatic N) is 3. The van der Waals surface area contributed by atoms with E-state index in [4.69, 9.17) is 4.98 Å². The first-order valence-corrected chi connectivity index (χ1v) is 9.58. The Labute approximate surface area is 149 Å². The molecule has 2 fully saturated rings. The number of para-hydroxylation sites is 1. The van der Waals surface area contributed by atoms with Gasteiger partial charge < -0.3 is 9.88 Å². The third-order valence-electron chi connectivity index (χ3n) is 5.98. The predicted molar refractivity (Wildman–Crippen MR) is 99.7 cm³/mol. The molecule has 5 heteroatoms. The number of aromatic nitrogens is 2. The van der Waals surface area contributed by atoms with Gasteiger partial charge >= 0.3 is 0 Å². The van der Waals surface area contributed by atoms with Crippen molar-refractivity contribution >= 4 is 16.9 Å². The van der Waals surface area contributed by atoms with Gasteiger partial charge in [0.25, 0.3) is 0 Å². The van der Waals surface area contributed by atoms with Crippen molar-refractivity contribution in [1.82, 2.24) is 19.8 Å². The maximum Gasteiger partial charge on any atom is 0.239 e. The molecule has 1 N–H and O–H groups in total. The number of carbonyl (C=O) groups excluding carboxylic acids is 1. The van der Waals surface area contributed by atoms with E-state index in [9.17, 15) is 4.79 Å². The molecule has 1 amide bonds. The monoisotopic (exact) mass is 340 g/mol. The summed E-state index contributed by atoms with van der Waals surface area (Å²) in [6.45, 7) is 4.86.